The van der Waals surface area contributed by atoms with Gasteiger partial charge in [0.05, 0.1) is 5.92 Å². The number of carboxylic acid groups (broad SMARTS) is 1. The molecule has 0 aliphatic heterocycles. The number of phenolic OH excluding ortho intramolecular Hbond substituents is 1. The van der Waals surface area contributed by atoms with E-state index >= 15 is 0 Å². The molecule has 2 N–H and O–H groups in total. The van der Waals surface area contributed by atoms with E-state index in [-0.39, 0.29) is 5.75 Å². The Bertz CT molecular complexity index is 605. The summed E-state index contributed by atoms with van der Waals surface area (Å²) in [5.41, 5.74) is 1.67. The Morgan fingerprint density at radius 1 is 1.16 bits per heavy atom. The van der Waals surface area contributed by atoms with Crippen molar-refractivity contribution < 1.29 is 19.4 Å². The summed E-state index contributed by atoms with van der Waals surface area (Å²) >= 11 is 0. The minimum absolute atomic E-state index is 0.127. The molecule has 19 heavy (non-hydrogen) atoms. The molecule has 0 aliphatic carbocycles. The first kappa shape index (κ1) is 13.1. The van der Waals surface area contributed by atoms with E-state index in [9.17, 15) is 9.18 Å². The molecule has 1 unspecified atom stereocenters. The van der Waals surface area contributed by atoms with Crippen molar-refractivity contribution in [3.05, 3.63) is 53.8 Å². The first-order valence-electron chi connectivity index (χ1n) is 5.80. The highest BCUT2D eigenvalue weighted by molar-refractivity contribution is 5.76. The van der Waals surface area contributed by atoms with Crippen LogP contribution in [0, 0.1) is 5.82 Å². The van der Waals surface area contributed by atoms with Gasteiger partial charge in [-0.25, -0.2) is 4.39 Å². The summed E-state index contributed by atoms with van der Waals surface area (Å²) in [7, 11) is 0. The second-order valence-electron chi connectivity index (χ2n) is 4.35. The predicted molar refractivity (Wildman–Crippen MR) is 69.6 cm³/mol. The van der Waals surface area contributed by atoms with Crippen molar-refractivity contribution in [3.8, 4) is 16.9 Å². The van der Waals surface area contributed by atoms with Crippen LogP contribution >= 0.6 is 0 Å². The number of hydrogen-bond donors (Lipinski definition) is 2. The van der Waals surface area contributed by atoms with Crippen molar-refractivity contribution in [2.24, 2.45) is 0 Å². The summed E-state index contributed by atoms with van der Waals surface area (Å²) < 4.78 is 13.7. The third-order valence-electron chi connectivity index (χ3n) is 3.04. The van der Waals surface area contributed by atoms with Crippen LogP contribution in [0.4, 0.5) is 4.39 Å². The Morgan fingerprint density at radius 3 is 2.32 bits per heavy atom. The van der Waals surface area contributed by atoms with E-state index in [1.807, 2.05) is 0 Å². The predicted octanol–water partition coefficient (Wildman–Crippen LogP) is 3.39. The number of phenols is 1. The molecule has 2 aromatic rings. The molecule has 0 aliphatic rings. The Morgan fingerprint density at radius 2 is 1.79 bits per heavy atom. The summed E-state index contributed by atoms with van der Waals surface area (Å²) in [5.74, 6) is -2.14. The van der Waals surface area contributed by atoms with Gasteiger partial charge >= 0.3 is 5.97 Å². The monoisotopic (exact) mass is 260 g/mol. The van der Waals surface area contributed by atoms with Crippen molar-refractivity contribution in [1.29, 1.82) is 0 Å². The van der Waals surface area contributed by atoms with Crippen molar-refractivity contribution >= 4 is 5.97 Å². The highest BCUT2D eigenvalue weighted by Gasteiger charge is 2.13. The first-order chi connectivity index (χ1) is 8.99. The number of hydrogen-bond acceptors (Lipinski definition) is 2. The van der Waals surface area contributed by atoms with Gasteiger partial charge in [-0.1, -0.05) is 24.3 Å². The second-order valence-corrected chi connectivity index (χ2v) is 4.35. The number of aliphatic carboxylic acids is 1. The van der Waals surface area contributed by atoms with Crippen LogP contribution in [0.1, 0.15) is 18.4 Å². The molecule has 0 amide bonds. The molecule has 0 bridgehead atoms. The van der Waals surface area contributed by atoms with Gasteiger partial charge in [0.2, 0.25) is 0 Å². The number of halogens is 1. The summed E-state index contributed by atoms with van der Waals surface area (Å²) in [5, 5.41) is 18.1. The topological polar surface area (TPSA) is 57.5 Å². The Labute approximate surface area is 109 Å². The molecule has 0 aromatic heterocycles. The van der Waals surface area contributed by atoms with Gasteiger partial charge in [-0.2, -0.15) is 0 Å². The van der Waals surface area contributed by atoms with Crippen LogP contribution in [0.2, 0.25) is 0 Å². The minimum atomic E-state index is -0.899. The fraction of sp³-hybridized carbons (Fsp3) is 0.133. The molecular formula is C15H13FO3. The number of carbonyl (C=O) groups is 1. The average molecular weight is 260 g/mol. The molecule has 0 heterocycles. The molecule has 4 heteroatoms. The van der Waals surface area contributed by atoms with Gasteiger partial charge in [0, 0.05) is 11.6 Å². The smallest absolute Gasteiger partial charge is 0.310 e. The zero-order valence-electron chi connectivity index (χ0n) is 10.3. The fourth-order valence-electron chi connectivity index (χ4n) is 1.83. The highest BCUT2D eigenvalue weighted by Crippen LogP contribution is 2.27. The molecule has 0 fully saturated rings. The summed E-state index contributed by atoms with van der Waals surface area (Å²) in [6.45, 7) is 1.60. The largest absolute Gasteiger partial charge is 0.508 e. The molecule has 98 valence electrons. The van der Waals surface area contributed by atoms with E-state index in [1.165, 1.54) is 12.1 Å². The number of carboxylic acids is 1. The molecule has 0 spiro atoms. The van der Waals surface area contributed by atoms with Gasteiger partial charge < -0.3 is 10.2 Å². The van der Waals surface area contributed by atoms with Crippen LogP contribution in [0.3, 0.4) is 0 Å². The lowest BCUT2D eigenvalue weighted by molar-refractivity contribution is -0.138. The summed E-state index contributed by atoms with van der Waals surface area (Å²) in [6, 6.07) is 10.6. The summed E-state index contributed by atoms with van der Waals surface area (Å²) in [4.78, 5) is 10.9. The Hall–Kier alpha value is -2.36. The van der Waals surface area contributed by atoms with Gasteiger partial charge in [0.15, 0.2) is 0 Å². The van der Waals surface area contributed by atoms with Crippen molar-refractivity contribution in [2.45, 2.75) is 12.8 Å². The van der Waals surface area contributed by atoms with Crippen LogP contribution in [-0.2, 0) is 4.79 Å². The zero-order valence-corrected chi connectivity index (χ0v) is 10.3. The lowest BCUT2D eigenvalue weighted by Gasteiger charge is -2.08. The van der Waals surface area contributed by atoms with Crippen LogP contribution in [0.15, 0.2) is 42.5 Å². The van der Waals surface area contributed by atoms with E-state index in [1.54, 1.807) is 31.2 Å². The van der Waals surface area contributed by atoms with Gasteiger partial charge in [0.1, 0.15) is 11.6 Å². The standard InChI is InChI=1S/C15H13FO3/c1-9(15(18)19)10-2-4-11(5-3-10)13-7-6-12(17)8-14(13)16/h2-9,17H,1H3,(H,18,19). The maximum Gasteiger partial charge on any atom is 0.310 e. The zero-order chi connectivity index (χ0) is 14.0. The van der Waals surface area contributed by atoms with Crippen molar-refractivity contribution in [2.75, 3.05) is 0 Å². The van der Waals surface area contributed by atoms with E-state index in [0.29, 0.717) is 16.7 Å². The van der Waals surface area contributed by atoms with Crippen LogP contribution in [-0.4, -0.2) is 16.2 Å². The molecular weight excluding hydrogens is 247 g/mol. The van der Waals surface area contributed by atoms with Crippen LogP contribution in [0.5, 0.6) is 5.75 Å². The molecule has 3 nitrogen and oxygen atoms in total. The maximum absolute atomic E-state index is 13.7. The lowest BCUT2D eigenvalue weighted by Crippen LogP contribution is -2.06. The third kappa shape index (κ3) is 2.73. The molecule has 1 atom stereocenters. The molecule has 2 rings (SSSR count). The maximum atomic E-state index is 13.7. The van der Waals surface area contributed by atoms with E-state index in [4.69, 9.17) is 10.2 Å². The van der Waals surface area contributed by atoms with Crippen molar-refractivity contribution in [3.63, 3.8) is 0 Å². The number of benzene rings is 2. The molecule has 0 radical (unpaired) electrons. The SMILES string of the molecule is CC(C(=O)O)c1ccc(-c2ccc(O)cc2F)cc1. The summed E-state index contributed by atoms with van der Waals surface area (Å²) in [6.07, 6.45) is 0. The molecule has 0 saturated heterocycles. The molecule has 0 saturated carbocycles. The van der Waals surface area contributed by atoms with Gasteiger partial charge in [0.25, 0.3) is 0 Å². The normalized spacial score (nSPS) is 12.1. The highest BCUT2D eigenvalue weighted by atomic mass is 19.1. The van der Waals surface area contributed by atoms with E-state index in [0.717, 1.165) is 6.07 Å². The Balaban J connectivity index is 2.35. The fourth-order valence-corrected chi connectivity index (χ4v) is 1.83. The van der Waals surface area contributed by atoms with E-state index in [2.05, 4.69) is 0 Å². The second kappa shape index (κ2) is 5.10. The lowest BCUT2D eigenvalue weighted by atomic mass is 9.97. The van der Waals surface area contributed by atoms with E-state index < -0.39 is 17.7 Å². The van der Waals surface area contributed by atoms with Gasteiger partial charge in [-0.3, -0.25) is 4.79 Å². The van der Waals surface area contributed by atoms with Gasteiger partial charge in [-0.05, 0) is 30.2 Å². The minimum Gasteiger partial charge on any atom is -0.508 e. The van der Waals surface area contributed by atoms with Gasteiger partial charge in [-0.15, -0.1) is 0 Å². The third-order valence-corrected chi connectivity index (χ3v) is 3.04. The average Bonchev–Trinajstić information content (AvgIpc) is 2.38. The quantitative estimate of drug-likeness (QED) is 0.889. The van der Waals surface area contributed by atoms with Crippen molar-refractivity contribution in [1.82, 2.24) is 0 Å². The first-order valence-corrected chi connectivity index (χ1v) is 5.80. The van der Waals surface area contributed by atoms with Crippen LogP contribution < -0.4 is 0 Å². The van der Waals surface area contributed by atoms with Crippen LogP contribution in [0.25, 0.3) is 11.1 Å². The molecule has 2 aromatic carbocycles. The number of aromatic hydroxyl groups is 1. The number of rotatable bonds is 3. The Kier molecular flexibility index (Phi) is 3.51.